The van der Waals surface area contributed by atoms with Crippen molar-refractivity contribution in [1.82, 2.24) is 0 Å². The van der Waals surface area contributed by atoms with E-state index in [1.165, 1.54) is 13.2 Å². The maximum absolute atomic E-state index is 11.6. The van der Waals surface area contributed by atoms with Gasteiger partial charge in [-0.3, -0.25) is 0 Å². The Kier molecular flexibility index (Phi) is 8.67. The van der Waals surface area contributed by atoms with E-state index in [1.807, 2.05) is 20.8 Å². The van der Waals surface area contributed by atoms with Crippen LogP contribution in [0.3, 0.4) is 0 Å². The van der Waals surface area contributed by atoms with Crippen LogP contribution < -0.4 is 0 Å². The number of methoxy groups -OCH3 is 1. The zero-order valence-corrected chi connectivity index (χ0v) is 24.7. The van der Waals surface area contributed by atoms with Crippen molar-refractivity contribution in [3.63, 3.8) is 0 Å². The summed E-state index contributed by atoms with van der Waals surface area (Å²) in [5.41, 5.74) is 0.905. The molecule has 0 spiro atoms. The number of epoxide rings is 1. The van der Waals surface area contributed by atoms with Crippen molar-refractivity contribution in [2.75, 3.05) is 13.7 Å². The summed E-state index contributed by atoms with van der Waals surface area (Å²) in [4.78, 5) is 11.6. The van der Waals surface area contributed by atoms with Crippen molar-refractivity contribution < 1.29 is 32.9 Å². The first-order chi connectivity index (χ1) is 16.0. The summed E-state index contributed by atoms with van der Waals surface area (Å²) in [6.45, 7) is 22.3. The summed E-state index contributed by atoms with van der Waals surface area (Å²) in [7, 11) is -0.443. The van der Waals surface area contributed by atoms with Gasteiger partial charge in [-0.15, -0.1) is 0 Å². The first kappa shape index (κ1) is 28.8. The highest BCUT2D eigenvalue weighted by atomic mass is 28.4. The van der Waals surface area contributed by atoms with Gasteiger partial charge in [0.15, 0.2) is 14.1 Å². The van der Waals surface area contributed by atoms with Gasteiger partial charge in [0.1, 0.15) is 6.10 Å². The molecule has 0 aromatic rings. The lowest BCUT2D eigenvalue weighted by Gasteiger charge is -2.39. The third-order valence-corrected chi connectivity index (χ3v) is 12.9. The van der Waals surface area contributed by atoms with Crippen molar-refractivity contribution >= 4 is 14.3 Å². The predicted molar refractivity (Wildman–Crippen MR) is 138 cm³/mol. The first-order valence-electron chi connectivity index (χ1n) is 13.1. The quantitative estimate of drug-likeness (QED) is 0.181. The second kappa shape index (κ2) is 10.5. The molecule has 0 N–H and O–H groups in total. The largest absolute Gasteiger partial charge is 0.466 e. The number of carbonyl (C=O) groups excluding carboxylic acids is 1. The minimum atomic E-state index is -1.83. The minimum Gasteiger partial charge on any atom is -0.466 e. The van der Waals surface area contributed by atoms with Crippen LogP contribution in [-0.2, 0) is 32.9 Å². The van der Waals surface area contributed by atoms with E-state index < -0.39 is 14.1 Å². The van der Waals surface area contributed by atoms with Gasteiger partial charge in [0.2, 0.25) is 0 Å². The average molecular weight is 513 g/mol. The zero-order chi connectivity index (χ0) is 26.3. The summed E-state index contributed by atoms with van der Waals surface area (Å²) in [6.07, 6.45) is 3.14. The van der Waals surface area contributed by atoms with E-state index in [0.29, 0.717) is 18.9 Å². The van der Waals surface area contributed by atoms with Crippen LogP contribution in [0.2, 0.25) is 18.1 Å². The van der Waals surface area contributed by atoms with E-state index in [0.717, 1.165) is 12.0 Å². The van der Waals surface area contributed by atoms with E-state index >= 15 is 0 Å². The fourth-order valence-corrected chi connectivity index (χ4v) is 6.54. The molecule has 3 aliphatic heterocycles. The molecule has 3 heterocycles. The van der Waals surface area contributed by atoms with Crippen molar-refractivity contribution in [3.8, 4) is 0 Å². The number of hydrogen-bond acceptors (Lipinski definition) is 7. The highest BCUT2D eigenvalue weighted by Gasteiger charge is 2.55. The van der Waals surface area contributed by atoms with Crippen molar-refractivity contribution in [2.45, 2.75) is 129 Å². The molecule has 3 saturated heterocycles. The normalized spacial score (nSPS) is 34.8. The smallest absolute Gasteiger partial charge is 0.330 e. The molecule has 7 nitrogen and oxygen atoms in total. The number of ether oxygens (including phenoxy) is 5. The van der Waals surface area contributed by atoms with Gasteiger partial charge in [0.25, 0.3) is 0 Å². The summed E-state index contributed by atoms with van der Waals surface area (Å²) in [6, 6.07) is 0. The third kappa shape index (κ3) is 6.96. The Morgan fingerprint density at radius 2 is 1.77 bits per heavy atom. The standard InChI is InChI=1S/C27H48O7Si/c1-16(13-22(28)29-9)12-20-25-24(32-27(7,8)33-25)19(15-30-20)14-21-23(31-21)17(2)18(3)34-35(10,11)26(4,5)6/h13,17-21,23-25H,12,14-15H2,1-11H3/b16-13+. The van der Waals surface area contributed by atoms with Crippen LogP contribution in [0.25, 0.3) is 0 Å². The third-order valence-electron chi connectivity index (χ3n) is 8.31. The summed E-state index contributed by atoms with van der Waals surface area (Å²) >= 11 is 0. The van der Waals surface area contributed by atoms with Gasteiger partial charge in [0.05, 0.1) is 38.1 Å². The minimum absolute atomic E-state index is 0.0595. The second-order valence-corrected chi connectivity index (χ2v) is 17.5. The highest BCUT2D eigenvalue weighted by Crippen LogP contribution is 2.45. The Morgan fingerprint density at radius 1 is 1.14 bits per heavy atom. The molecule has 202 valence electrons. The van der Waals surface area contributed by atoms with E-state index in [-0.39, 0.29) is 53.5 Å². The van der Waals surface area contributed by atoms with Gasteiger partial charge in [-0.2, -0.15) is 0 Å². The fraction of sp³-hybridized carbons (Fsp3) is 0.889. The predicted octanol–water partition coefficient (Wildman–Crippen LogP) is 5.23. The molecule has 0 aromatic heterocycles. The molecule has 8 unspecified atom stereocenters. The molecule has 3 rings (SSSR count). The van der Waals surface area contributed by atoms with Crippen LogP contribution in [0, 0.1) is 11.8 Å². The number of rotatable bonds is 9. The summed E-state index contributed by atoms with van der Waals surface area (Å²) in [5.74, 6) is -0.496. The molecule has 0 aliphatic carbocycles. The summed E-state index contributed by atoms with van der Waals surface area (Å²) < 4.78 is 36.5. The lowest BCUT2D eigenvalue weighted by molar-refractivity contribution is -0.153. The molecule has 8 atom stereocenters. The molecule has 0 amide bonds. The lowest BCUT2D eigenvalue weighted by atomic mass is 9.85. The van der Waals surface area contributed by atoms with E-state index in [4.69, 9.17) is 28.1 Å². The van der Waals surface area contributed by atoms with Crippen LogP contribution in [0.15, 0.2) is 11.6 Å². The van der Waals surface area contributed by atoms with Crippen LogP contribution >= 0.6 is 0 Å². The maximum atomic E-state index is 11.6. The van der Waals surface area contributed by atoms with Gasteiger partial charge < -0.3 is 28.1 Å². The Morgan fingerprint density at radius 3 is 2.37 bits per heavy atom. The van der Waals surface area contributed by atoms with Gasteiger partial charge in [0, 0.05) is 24.0 Å². The average Bonchev–Trinajstić information content (AvgIpc) is 3.40. The molecular weight excluding hydrogens is 464 g/mol. The fourth-order valence-electron chi connectivity index (χ4n) is 5.04. The number of fused-ring (bicyclic) bond motifs is 1. The van der Waals surface area contributed by atoms with Gasteiger partial charge in [-0.05, 0) is 58.7 Å². The molecule has 0 saturated carbocycles. The lowest BCUT2D eigenvalue weighted by Crippen LogP contribution is -2.49. The van der Waals surface area contributed by atoms with Crippen molar-refractivity contribution in [3.05, 3.63) is 11.6 Å². The molecule has 0 radical (unpaired) electrons. The molecule has 8 heteroatoms. The Hall–Kier alpha value is -0.773. The van der Waals surface area contributed by atoms with E-state index in [1.54, 1.807) is 0 Å². The Balaban J connectivity index is 1.59. The van der Waals surface area contributed by atoms with Crippen LogP contribution in [0.1, 0.15) is 68.2 Å². The number of esters is 1. The number of hydrogen-bond donors (Lipinski definition) is 0. The molecule has 35 heavy (non-hydrogen) atoms. The van der Waals surface area contributed by atoms with Gasteiger partial charge in [-0.1, -0.05) is 33.3 Å². The van der Waals surface area contributed by atoms with E-state index in [9.17, 15) is 4.79 Å². The Labute approximate surface area is 213 Å². The number of carbonyl (C=O) groups is 1. The van der Waals surface area contributed by atoms with Crippen molar-refractivity contribution in [2.24, 2.45) is 11.8 Å². The van der Waals surface area contributed by atoms with Crippen molar-refractivity contribution in [1.29, 1.82) is 0 Å². The Bertz CT molecular complexity index is 787. The molecule has 0 aromatic carbocycles. The monoisotopic (exact) mass is 512 g/mol. The SMILES string of the molecule is COC(=O)/C=C(\C)CC1OCC(CC2OC2C(C)C(C)O[Si](C)(C)C(C)(C)C)C2OC(C)(C)OC12. The van der Waals surface area contributed by atoms with Crippen LogP contribution in [0.4, 0.5) is 0 Å². The summed E-state index contributed by atoms with van der Waals surface area (Å²) in [5, 5.41) is 0.187. The molecule has 0 bridgehead atoms. The zero-order valence-electron chi connectivity index (χ0n) is 23.7. The molecule has 3 aliphatic rings. The molecular formula is C27H48O7Si. The highest BCUT2D eigenvalue weighted by molar-refractivity contribution is 6.74. The van der Waals surface area contributed by atoms with Gasteiger partial charge in [-0.25, -0.2) is 4.79 Å². The first-order valence-corrected chi connectivity index (χ1v) is 16.0. The van der Waals surface area contributed by atoms with Crippen LogP contribution in [0.5, 0.6) is 0 Å². The topological polar surface area (TPSA) is 75.8 Å². The van der Waals surface area contributed by atoms with E-state index in [2.05, 4.69) is 47.7 Å². The van der Waals surface area contributed by atoms with Gasteiger partial charge >= 0.3 is 5.97 Å². The second-order valence-electron chi connectivity index (χ2n) is 12.7. The van der Waals surface area contributed by atoms with Crippen LogP contribution in [-0.4, -0.2) is 70.4 Å². The molecule has 3 fully saturated rings. The maximum Gasteiger partial charge on any atom is 0.330 e.